The fourth-order valence-corrected chi connectivity index (χ4v) is 3.10. The number of nitrogens with one attached hydrogen (secondary N) is 1. The van der Waals surface area contributed by atoms with Gasteiger partial charge in [0.25, 0.3) is 5.69 Å². The molecule has 4 rings (SSSR count). The van der Waals surface area contributed by atoms with Crippen LogP contribution in [0.25, 0.3) is 0 Å². The molecule has 0 saturated carbocycles. The lowest BCUT2D eigenvalue weighted by Gasteiger charge is -2.27. The number of benzene rings is 3. The minimum atomic E-state index is -0.560. The highest BCUT2D eigenvalue weighted by Gasteiger charge is 2.32. The fourth-order valence-electron chi connectivity index (χ4n) is 3.10. The topological polar surface area (TPSA) is 81.5 Å². The molecule has 6 nitrogen and oxygen atoms in total. The average molecular weight is 346 g/mol. The first-order valence-corrected chi connectivity index (χ1v) is 8.04. The van der Waals surface area contributed by atoms with Crippen LogP contribution in [-0.4, -0.2) is 10.8 Å². The van der Waals surface area contributed by atoms with Crippen LogP contribution in [0.5, 0.6) is 11.5 Å². The van der Waals surface area contributed by atoms with E-state index in [0.29, 0.717) is 17.2 Å². The molecule has 1 amide bonds. The van der Waals surface area contributed by atoms with Gasteiger partial charge in [-0.3, -0.25) is 14.9 Å². The molecule has 0 aliphatic carbocycles. The molecule has 3 aromatic rings. The van der Waals surface area contributed by atoms with Crippen molar-refractivity contribution >= 4 is 17.3 Å². The predicted molar refractivity (Wildman–Crippen MR) is 96.5 cm³/mol. The molecule has 3 aromatic carbocycles. The SMILES string of the molecule is O=C(Nc1cccc([N+](=O)[O-])c1)C1c2ccccc2Oc2ccccc21. The first kappa shape index (κ1) is 15.8. The minimum absolute atomic E-state index is 0.0735. The number of non-ortho nitro benzene ring substituents is 1. The lowest BCUT2D eigenvalue weighted by molar-refractivity contribution is -0.384. The Bertz CT molecular complexity index is 970. The minimum Gasteiger partial charge on any atom is -0.457 e. The van der Waals surface area contributed by atoms with Crippen molar-refractivity contribution in [2.45, 2.75) is 5.92 Å². The van der Waals surface area contributed by atoms with Crippen LogP contribution in [-0.2, 0) is 4.79 Å². The van der Waals surface area contributed by atoms with Gasteiger partial charge in [0.2, 0.25) is 5.91 Å². The van der Waals surface area contributed by atoms with Crippen LogP contribution in [0.1, 0.15) is 17.0 Å². The number of ether oxygens (including phenoxy) is 1. The molecule has 6 heteroatoms. The summed E-state index contributed by atoms with van der Waals surface area (Å²) in [5.74, 6) is 0.430. The third-order valence-electron chi connectivity index (χ3n) is 4.27. The summed E-state index contributed by atoms with van der Waals surface area (Å²) in [6.07, 6.45) is 0. The number of hydrogen-bond donors (Lipinski definition) is 1. The Kier molecular flexibility index (Phi) is 3.85. The normalized spacial score (nSPS) is 12.5. The van der Waals surface area contributed by atoms with Crippen LogP contribution in [0.2, 0.25) is 0 Å². The van der Waals surface area contributed by atoms with Crippen LogP contribution in [0, 0.1) is 10.1 Å². The Morgan fingerprint density at radius 1 is 0.923 bits per heavy atom. The quantitative estimate of drug-likeness (QED) is 0.560. The molecule has 0 atom stereocenters. The van der Waals surface area contributed by atoms with Crippen LogP contribution in [0.15, 0.2) is 72.8 Å². The van der Waals surface area contributed by atoms with Crippen molar-refractivity contribution in [2.24, 2.45) is 0 Å². The zero-order valence-electron chi connectivity index (χ0n) is 13.6. The highest BCUT2D eigenvalue weighted by Crippen LogP contribution is 2.44. The van der Waals surface area contributed by atoms with Gasteiger partial charge in [0.1, 0.15) is 11.5 Å². The molecule has 0 spiro atoms. The Morgan fingerprint density at radius 2 is 1.54 bits per heavy atom. The summed E-state index contributed by atoms with van der Waals surface area (Å²) in [6.45, 7) is 0. The number of nitro benzene ring substituents is 1. The van der Waals surface area contributed by atoms with Gasteiger partial charge < -0.3 is 10.1 Å². The summed E-state index contributed by atoms with van der Waals surface area (Å²) in [6, 6.07) is 20.6. The highest BCUT2D eigenvalue weighted by atomic mass is 16.6. The van der Waals surface area contributed by atoms with Crippen molar-refractivity contribution in [1.82, 2.24) is 0 Å². The zero-order valence-corrected chi connectivity index (χ0v) is 13.6. The van der Waals surface area contributed by atoms with Gasteiger partial charge in [-0.15, -0.1) is 0 Å². The summed E-state index contributed by atoms with van der Waals surface area (Å²) >= 11 is 0. The summed E-state index contributed by atoms with van der Waals surface area (Å²) < 4.78 is 5.89. The Morgan fingerprint density at radius 3 is 2.15 bits per heavy atom. The lowest BCUT2D eigenvalue weighted by Crippen LogP contribution is -2.25. The van der Waals surface area contributed by atoms with E-state index in [1.165, 1.54) is 12.1 Å². The van der Waals surface area contributed by atoms with E-state index in [1.807, 2.05) is 48.5 Å². The van der Waals surface area contributed by atoms with Crippen LogP contribution >= 0.6 is 0 Å². The molecule has 0 saturated heterocycles. The molecule has 1 heterocycles. The smallest absolute Gasteiger partial charge is 0.271 e. The molecule has 0 aromatic heterocycles. The number of amides is 1. The number of para-hydroxylation sites is 2. The maximum absolute atomic E-state index is 13.0. The van der Waals surface area contributed by atoms with E-state index < -0.39 is 10.8 Å². The third-order valence-corrected chi connectivity index (χ3v) is 4.27. The summed E-state index contributed by atoms with van der Waals surface area (Å²) in [4.78, 5) is 23.5. The van der Waals surface area contributed by atoms with E-state index in [9.17, 15) is 14.9 Å². The van der Waals surface area contributed by atoms with Crippen LogP contribution in [0.3, 0.4) is 0 Å². The van der Waals surface area contributed by atoms with Gasteiger partial charge in [-0.05, 0) is 18.2 Å². The second kappa shape index (κ2) is 6.33. The molecule has 1 N–H and O–H groups in total. The van der Waals surface area contributed by atoms with Gasteiger partial charge in [-0.2, -0.15) is 0 Å². The summed E-state index contributed by atoms with van der Waals surface area (Å²) in [7, 11) is 0. The Balaban J connectivity index is 1.72. The van der Waals surface area contributed by atoms with E-state index in [1.54, 1.807) is 12.1 Å². The maximum Gasteiger partial charge on any atom is 0.271 e. The number of nitrogens with zero attached hydrogens (tertiary/aromatic N) is 1. The first-order chi connectivity index (χ1) is 12.6. The molecule has 0 radical (unpaired) electrons. The highest BCUT2D eigenvalue weighted by molar-refractivity contribution is 5.99. The largest absolute Gasteiger partial charge is 0.457 e. The van der Waals surface area contributed by atoms with Gasteiger partial charge in [0.15, 0.2) is 0 Å². The second-order valence-corrected chi connectivity index (χ2v) is 5.91. The van der Waals surface area contributed by atoms with E-state index in [0.717, 1.165) is 11.1 Å². The van der Waals surface area contributed by atoms with E-state index >= 15 is 0 Å². The summed E-state index contributed by atoms with van der Waals surface area (Å²) in [5, 5.41) is 13.7. The third kappa shape index (κ3) is 2.77. The lowest BCUT2D eigenvalue weighted by atomic mass is 9.87. The van der Waals surface area contributed by atoms with E-state index in [4.69, 9.17) is 4.74 Å². The van der Waals surface area contributed by atoms with Gasteiger partial charge in [-0.1, -0.05) is 42.5 Å². The van der Waals surface area contributed by atoms with E-state index in [2.05, 4.69) is 5.32 Å². The van der Waals surface area contributed by atoms with Crippen LogP contribution in [0.4, 0.5) is 11.4 Å². The number of rotatable bonds is 3. The number of fused-ring (bicyclic) bond motifs is 2. The summed E-state index contributed by atoms with van der Waals surface area (Å²) in [5.41, 5.74) is 1.82. The molecule has 26 heavy (non-hydrogen) atoms. The molecule has 0 unspecified atom stereocenters. The maximum atomic E-state index is 13.0. The Labute approximate surface area is 149 Å². The van der Waals surface area contributed by atoms with Gasteiger partial charge >= 0.3 is 0 Å². The molecular weight excluding hydrogens is 332 g/mol. The number of hydrogen-bond acceptors (Lipinski definition) is 4. The van der Waals surface area contributed by atoms with Crippen LogP contribution < -0.4 is 10.1 Å². The van der Waals surface area contributed by atoms with Crippen molar-refractivity contribution in [3.63, 3.8) is 0 Å². The molecule has 0 fully saturated rings. The van der Waals surface area contributed by atoms with Crippen molar-refractivity contribution < 1.29 is 14.5 Å². The average Bonchev–Trinajstić information content (AvgIpc) is 2.66. The molecular formula is C20H14N2O4. The van der Waals surface area contributed by atoms with Gasteiger partial charge in [-0.25, -0.2) is 0 Å². The molecule has 1 aliphatic rings. The van der Waals surface area contributed by atoms with Crippen molar-refractivity contribution in [3.8, 4) is 11.5 Å². The molecule has 128 valence electrons. The van der Waals surface area contributed by atoms with Gasteiger partial charge in [0, 0.05) is 28.9 Å². The second-order valence-electron chi connectivity index (χ2n) is 5.91. The number of nitro groups is 1. The monoisotopic (exact) mass is 346 g/mol. The Hall–Kier alpha value is -3.67. The number of anilines is 1. The molecule has 1 aliphatic heterocycles. The number of carbonyl (C=O) groups is 1. The molecule has 0 bridgehead atoms. The van der Waals surface area contributed by atoms with Crippen molar-refractivity contribution in [3.05, 3.63) is 94.0 Å². The first-order valence-electron chi connectivity index (χ1n) is 8.04. The predicted octanol–water partition coefficient (Wildman–Crippen LogP) is 4.47. The number of carbonyl (C=O) groups excluding carboxylic acids is 1. The van der Waals surface area contributed by atoms with E-state index in [-0.39, 0.29) is 11.6 Å². The zero-order chi connectivity index (χ0) is 18.1. The van der Waals surface area contributed by atoms with Gasteiger partial charge in [0.05, 0.1) is 10.8 Å². The van der Waals surface area contributed by atoms with Crippen molar-refractivity contribution in [2.75, 3.05) is 5.32 Å². The fraction of sp³-hybridized carbons (Fsp3) is 0.0500. The standard InChI is InChI=1S/C20H14N2O4/c23-20(21-13-6-5-7-14(12-13)22(24)25)19-15-8-1-3-10-17(15)26-18-11-4-2-9-16(18)19/h1-12,19H,(H,21,23). The van der Waals surface area contributed by atoms with Crippen molar-refractivity contribution in [1.29, 1.82) is 0 Å².